The first-order valence-corrected chi connectivity index (χ1v) is 10.2. The minimum atomic E-state index is -0.0921. The van der Waals surface area contributed by atoms with Crippen molar-refractivity contribution < 1.29 is 9.53 Å². The van der Waals surface area contributed by atoms with Gasteiger partial charge in [-0.1, -0.05) is 11.6 Å². The number of halogens is 1. The number of carbonyl (C=O) groups excluding carboxylic acids is 1. The van der Waals surface area contributed by atoms with Gasteiger partial charge in [0.25, 0.3) is 5.91 Å². The number of ether oxygens (including phenoxy) is 1. The highest BCUT2D eigenvalue weighted by molar-refractivity contribution is 6.32. The van der Waals surface area contributed by atoms with Crippen LogP contribution >= 0.6 is 11.6 Å². The first kappa shape index (κ1) is 20.3. The molecular weight excluding hydrogens is 406 g/mol. The summed E-state index contributed by atoms with van der Waals surface area (Å²) in [5.74, 6) is 1.81. The molecule has 10 heteroatoms. The zero-order valence-corrected chi connectivity index (χ0v) is 18.2. The molecule has 0 unspecified atom stereocenters. The van der Waals surface area contributed by atoms with Crippen molar-refractivity contribution >= 4 is 34.4 Å². The number of piperazine rings is 1. The van der Waals surface area contributed by atoms with Gasteiger partial charge in [-0.2, -0.15) is 5.10 Å². The second-order valence-corrected chi connectivity index (χ2v) is 7.96. The second kappa shape index (κ2) is 8.06. The molecular formula is C20H24ClN7O2. The minimum absolute atomic E-state index is 0.0404. The van der Waals surface area contributed by atoms with Crippen LogP contribution in [0.3, 0.4) is 0 Å². The van der Waals surface area contributed by atoms with Crippen LogP contribution in [-0.4, -0.2) is 67.8 Å². The maximum absolute atomic E-state index is 12.9. The van der Waals surface area contributed by atoms with Gasteiger partial charge in [-0.15, -0.1) is 0 Å². The molecule has 1 saturated heterocycles. The van der Waals surface area contributed by atoms with Crippen LogP contribution in [0.25, 0.3) is 11.0 Å². The fourth-order valence-electron chi connectivity index (χ4n) is 3.51. The molecule has 0 aliphatic carbocycles. The lowest BCUT2D eigenvalue weighted by atomic mass is 10.2. The predicted molar refractivity (Wildman–Crippen MR) is 114 cm³/mol. The average Bonchev–Trinajstić information content (AvgIpc) is 3.09. The van der Waals surface area contributed by atoms with E-state index in [1.54, 1.807) is 21.8 Å². The van der Waals surface area contributed by atoms with Crippen molar-refractivity contribution in [1.82, 2.24) is 29.6 Å². The van der Waals surface area contributed by atoms with Gasteiger partial charge in [-0.3, -0.25) is 9.48 Å². The summed E-state index contributed by atoms with van der Waals surface area (Å²) in [6, 6.07) is 1.62. The molecule has 9 nitrogen and oxygen atoms in total. The largest absolute Gasteiger partial charge is 0.474 e. The summed E-state index contributed by atoms with van der Waals surface area (Å²) < 4.78 is 7.29. The maximum atomic E-state index is 12.9. The van der Waals surface area contributed by atoms with Crippen molar-refractivity contribution in [2.75, 3.05) is 31.1 Å². The average molecular weight is 430 g/mol. The Labute approximate surface area is 179 Å². The molecule has 30 heavy (non-hydrogen) atoms. The molecule has 0 saturated carbocycles. The normalized spacial score (nSPS) is 14.6. The molecule has 158 valence electrons. The van der Waals surface area contributed by atoms with Crippen molar-refractivity contribution in [2.24, 2.45) is 7.05 Å². The number of amides is 1. The molecule has 0 aromatic carbocycles. The van der Waals surface area contributed by atoms with Gasteiger partial charge in [-0.05, 0) is 26.8 Å². The second-order valence-electron chi connectivity index (χ2n) is 7.56. The molecule has 3 aromatic heterocycles. The van der Waals surface area contributed by atoms with Crippen molar-refractivity contribution in [3.63, 3.8) is 0 Å². The Hall–Kier alpha value is -2.94. The number of aromatic nitrogens is 5. The number of pyridine rings is 1. The first-order valence-electron chi connectivity index (χ1n) is 9.86. The van der Waals surface area contributed by atoms with Crippen LogP contribution in [0.2, 0.25) is 5.02 Å². The van der Waals surface area contributed by atoms with Crippen molar-refractivity contribution in [2.45, 2.75) is 26.9 Å². The zero-order chi connectivity index (χ0) is 21.4. The SMILES string of the molecule is Cc1nc(N2CCN(C(=O)c3cnc(OC(C)C)c(Cl)c3)CC2)c2cnn(C)c2n1. The summed E-state index contributed by atoms with van der Waals surface area (Å²) in [5.41, 5.74) is 1.26. The van der Waals surface area contributed by atoms with E-state index in [0.717, 1.165) is 16.9 Å². The monoisotopic (exact) mass is 429 g/mol. The molecule has 1 fully saturated rings. The van der Waals surface area contributed by atoms with Gasteiger partial charge in [-0.25, -0.2) is 15.0 Å². The highest BCUT2D eigenvalue weighted by atomic mass is 35.5. The van der Waals surface area contributed by atoms with E-state index in [-0.39, 0.29) is 12.0 Å². The molecule has 0 N–H and O–H groups in total. The lowest BCUT2D eigenvalue weighted by molar-refractivity contribution is 0.0746. The molecule has 4 rings (SSSR count). The van der Waals surface area contributed by atoms with Gasteiger partial charge in [0.05, 0.1) is 23.3 Å². The third-order valence-corrected chi connectivity index (χ3v) is 5.22. The molecule has 0 bridgehead atoms. The van der Waals surface area contributed by atoms with E-state index in [1.807, 2.05) is 27.8 Å². The fourth-order valence-corrected chi connectivity index (χ4v) is 3.72. The summed E-state index contributed by atoms with van der Waals surface area (Å²) in [5, 5.41) is 5.55. The van der Waals surface area contributed by atoms with Crippen molar-refractivity contribution in [1.29, 1.82) is 0 Å². The molecule has 0 spiro atoms. The third-order valence-electron chi connectivity index (χ3n) is 4.95. The molecule has 0 radical (unpaired) electrons. The van der Waals surface area contributed by atoms with Crippen LogP contribution in [0.15, 0.2) is 18.5 Å². The highest BCUT2D eigenvalue weighted by Gasteiger charge is 2.25. The lowest BCUT2D eigenvalue weighted by Crippen LogP contribution is -2.49. The summed E-state index contributed by atoms with van der Waals surface area (Å²) in [6.07, 6.45) is 3.27. The number of fused-ring (bicyclic) bond motifs is 1. The zero-order valence-electron chi connectivity index (χ0n) is 17.5. The van der Waals surface area contributed by atoms with Gasteiger partial charge < -0.3 is 14.5 Å². The molecule has 3 aromatic rings. The first-order chi connectivity index (χ1) is 14.3. The Morgan fingerprint density at radius 1 is 1.17 bits per heavy atom. The van der Waals surface area contributed by atoms with Crippen LogP contribution in [0.1, 0.15) is 30.0 Å². The number of nitrogens with zero attached hydrogens (tertiary/aromatic N) is 7. The summed E-state index contributed by atoms with van der Waals surface area (Å²) in [4.78, 5) is 30.2. The van der Waals surface area contributed by atoms with E-state index in [9.17, 15) is 4.79 Å². The number of carbonyl (C=O) groups is 1. The number of hydrogen-bond acceptors (Lipinski definition) is 7. The van der Waals surface area contributed by atoms with E-state index < -0.39 is 0 Å². The summed E-state index contributed by atoms with van der Waals surface area (Å²) >= 11 is 6.24. The fraction of sp³-hybridized carbons (Fsp3) is 0.450. The summed E-state index contributed by atoms with van der Waals surface area (Å²) in [6.45, 7) is 8.16. The third kappa shape index (κ3) is 3.89. The number of rotatable bonds is 4. The van der Waals surface area contributed by atoms with Crippen molar-refractivity contribution in [3.8, 4) is 5.88 Å². The Kier molecular flexibility index (Phi) is 5.46. The van der Waals surface area contributed by atoms with Gasteiger partial charge >= 0.3 is 0 Å². The molecule has 1 amide bonds. The van der Waals surface area contributed by atoms with Gasteiger partial charge in [0.1, 0.15) is 16.7 Å². The Bertz CT molecular complexity index is 1090. The standard InChI is InChI=1S/C20H24ClN7O2/c1-12(2)30-19-16(21)9-14(10-22-19)20(29)28-7-5-27(6-8-28)18-15-11-23-26(4)17(15)24-13(3)25-18/h9-12H,5-8H2,1-4H3. The van der Waals surface area contributed by atoms with E-state index in [1.165, 1.54) is 6.20 Å². The van der Waals surface area contributed by atoms with Crippen molar-refractivity contribution in [3.05, 3.63) is 34.9 Å². The lowest BCUT2D eigenvalue weighted by Gasteiger charge is -2.35. The van der Waals surface area contributed by atoms with Crippen LogP contribution in [0, 0.1) is 6.92 Å². The van der Waals surface area contributed by atoms with Gasteiger partial charge in [0.2, 0.25) is 5.88 Å². The molecule has 4 heterocycles. The summed E-state index contributed by atoms with van der Waals surface area (Å²) in [7, 11) is 1.87. The minimum Gasteiger partial charge on any atom is -0.474 e. The van der Waals surface area contributed by atoms with E-state index in [2.05, 4.69) is 25.0 Å². The molecule has 0 atom stereocenters. The van der Waals surface area contributed by atoms with Crippen LogP contribution in [0.5, 0.6) is 5.88 Å². The Morgan fingerprint density at radius 3 is 2.57 bits per heavy atom. The van der Waals surface area contributed by atoms with E-state index in [4.69, 9.17) is 16.3 Å². The Morgan fingerprint density at radius 2 is 1.90 bits per heavy atom. The predicted octanol–water partition coefficient (Wildman–Crippen LogP) is 2.47. The number of aryl methyl sites for hydroxylation is 2. The van der Waals surface area contributed by atoms with Crippen LogP contribution in [-0.2, 0) is 7.05 Å². The van der Waals surface area contributed by atoms with E-state index >= 15 is 0 Å². The van der Waals surface area contributed by atoms with Crippen LogP contribution in [0.4, 0.5) is 5.82 Å². The van der Waals surface area contributed by atoms with Crippen LogP contribution < -0.4 is 9.64 Å². The number of anilines is 1. The van der Waals surface area contributed by atoms with Gasteiger partial charge in [0.15, 0.2) is 5.65 Å². The number of hydrogen-bond donors (Lipinski definition) is 0. The smallest absolute Gasteiger partial charge is 0.255 e. The molecule has 1 aliphatic rings. The maximum Gasteiger partial charge on any atom is 0.255 e. The quantitative estimate of drug-likeness (QED) is 0.629. The van der Waals surface area contributed by atoms with Gasteiger partial charge in [0, 0.05) is 39.4 Å². The highest BCUT2D eigenvalue weighted by Crippen LogP contribution is 2.26. The topological polar surface area (TPSA) is 89.3 Å². The Balaban J connectivity index is 1.47. The molecule has 1 aliphatic heterocycles. The van der Waals surface area contributed by atoms with E-state index in [0.29, 0.717) is 48.5 Å².